The summed E-state index contributed by atoms with van der Waals surface area (Å²) in [7, 11) is 0. The molecule has 1 fully saturated rings. The number of benzene rings is 1. The quantitative estimate of drug-likeness (QED) is 0.516. The zero-order chi connectivity index (χ0) is 16.5. The highest BCUT2D eigenvalue weighted by atomic mass is 16.5. The first-order chi connectivity index (χ1) is 11.2. The van der Waals surface area contributed by atoms with Gasteiger partial charge in [-0.3, -0.25) is 9.59 Å². The van der Waals surface area contributed by atoms with Crippen molar-refractivity contribution in [3.05, 3.63) is 35.9 Å². The molecule has 3 heteroatoms. The van der Waals surface area contributed by atoms with Gasteiger partial charge in [0.1, 0.15) is 18.3 Å². The van der Waals surface area contributed by atoms with Gasteiger partial charge in [0.15, 0.2) is 0 Å². The number of carbonyl (C=O) groups excluding carboxylic acids is 2. The van der Waals surface area contributed by atoms with Gasteiger partial charge in [0, 0.05) is 0 Å². The topological polar surface area (TPSA) is 43.4 Å². The second-order valence-electron chi connectivity index (χ2n) is 6.69. The molecule has 1 saturated carbocycles. The Hall–Kier alpha value is -1.64. The summed E-state index contributed by atoms with van der Waals surface area (Å²) in [5, 5.41) is 0. The molecule has 2 rings (SSSR count). The lowest BCUT2D eigenvalue weighted by Gasteiger charge is -2.22. The number of ether oxygens (including phenoxy) is 1. The molecule has 0 radical (unpaired) electrons. The summed E-state index contributed by atoms with van der Waals surface area (Å²) >= 11 is 0. The van der Waals surface area contributed by atoms with E-state index in [0.717, 1.165) is 24.3 Å². The van der Waals surface area contributed by atoms with E-state index in [9.17, 15) is 9.59 Å². The van der Waals surface area contributed by atoms with Crippen LogP contribution >= 0.6 is 0 Å². The molecule has 0 amide bonds. The minimum atomic E-state index is -0.595. The molecule has 126 valence electrons. The fraction of sp³-hybridized carbons (Fsp3) is 0.600. The largest absolute Gasteiger partial charge is 0.460 e. The number of carbonyl (C=O) groups is 2. The van der Waals surface area contributed by atoms with E-state index < -0.39 is 5.92 Å². The first kappa shape index (κ1) is 17.7. The van der Waals surface area contributed by atoms with Gasteiger partial charge in [-0.2, -0.15) is 0 Å². The predicted molar refractivity (Wildman–Crippen MR) is 90.8 cm³/mol. The third kappa shape index (κ3) is 6.17. The number of esters is 1. The highest BCUT2D eigenvalue weighted by Crippen LogP contribution is 2.28. The first-order valence-electron chi connectivity index (χ1n) is 8.88. The molecule has 23 heavy (non-hydrogen) atoms. The Bertz CT molecular complexity index is 489. The zero-order valence-corrected chi connectivity index (χ0v) is 14.1. The van der Waals surface area contributed by atoms with Crippen molar-refractivity contribution in [1.29, 1.82) is 0 Å². The predicted octanol–water partition coefficient (Wildman–Crippen LogP) is 4.69. The van der Waals surface area contributed by atoms with Gasteiger partial charge in [-0.25, -0.2) is 0 Å². The molecule has 0 aromatic heterocycles. The van der Waals surface area contributed by atoms with Crippen LogP contribution in [0, 0.1) is 11.8 Å². The highest BCUT2D eigenvalue weighted by molar-refractivity contribution is 5.97. The molecule has 1 atom stereocenters. The van der Waals surface area contributed by atoms with E-state index in [1.54, 1.807) is 0 Å². The average molecular weight is 316 g/mol. The minimum Gasteiger partial charge on any atom is -0.460 e. The minimum absolute atomic E-state index is 0.0771. The Morgan fingerprint density at radius 2 is 1.83 bits per heavy atom. The van der Waals surface area contributed by atoms with E-state index in [1.165, 1.54) is 39.0 Å². The molecule has 0 bridgehead atoms. The molecular formula is C20H28O3. The Morgan fingerprint density at radius 3 is 2.48 bits per heavy atom. The van der Waals surface area contributed by atoms with Crippen LogP contribution in [0.4, 0.5) is 0 Å². The van der Waals surface area contributed by atoms with Crippen LogP contribution in [0.3, 0.4) is 0 Å². The van der Waals surface area contributed by atoms with Crippen LogP contribution in [0.25, 0.3) is 0 Å². The fourth-order valence-electron chi connectivity index (χ4n) is 3.40. The van der Waals surface area contributed by atoms with E-state index >= 15 is 0 Å². The maximum Gasteiger partial charge on any atom is 0.316 e. The molecule has 3 nitrogen and oxygen atoms in total. The summed E-state index contributed by atoms with van der Waals surface area (Å²) in [4.78, 5) is 24.0. The summed E-state index contributed by atoms with van der Waals surface area (Å²) in [6.07, 6.45) is 9.34. The Morgan fingerprint density at radius 1 is 1.13 bits per heavy atom. The van der Waals surface area contributed by atoms with E-state index in [1.807, 2.05) is 30.3 Å². The molecule has 0 saturated heterocycles. The molecule has 1 aliphatic rings. The van der Waals surface area contributed by atoms with Gasteiger partial charge in [0.05, 0.1) is 0 Å². The van der Waals surface area contributed by atoms with Crippen LogP contribution in [0.15, 0.2) is 30.3 Å². The van der Waals surface area contributed by atoms with E-state index in [0.29, 0.717) is 6.42 Å². The molecule has 0 aliphatic heterocycles. The summed E-state index contributed by atoms with van der Waals surface area (Å²) in [6, 6.07) is 9.58. The van der Waals surface area contributed by atoms with Crippen molar-refractivity contribution in [1.82, 2.24) is 0 Å². The van der Waals surface area contributed by atoms with Crippen molar-refractivity contribution in [2.45, 2.75) is 64.9 Å². The molecule has 0 heterocycles. The van der Waals surface area contributed by atoms with Gasteiger partial charge in [0.2, 0.25) is 0 Å². The maximum atomic E-state index is 12.2. The first-order valence-corrected chi connectivity index (χ1v) is 8.88. The second kappa shape index (κ2) is 9.49. The molecule has 0 spiro atoms. The van der Waals surface area contributed by atoms with Crippen molar-refractivity contribution >= 4 is 11.8 Å². The third-order valence-electron chi connectivity index (χ3n) is 4.83. The normalized spacial score (nSPS) is 16.7. The van der Waals surface area contributed by atoms with Gasteiger partial charge in [-0.15, -0.1) is 0 Å². The van der Waals surface area contributed by atoms with E-state index in [4.69, 9.17) is 4.74 Å². The lowest BCUT2D eigenvalue weighted by molar-refractivity contribution is -0.153. The highest BCUT2D eigenvalue weighted by Gasteiger charge is 2.25. The number of hydrogen-bond donors (Lipinski definition) is 0. The van der Waals surface area contributed by atoms with Crippen molar-refractivity contribution in [2.24, 2.45) is 11.8 Å². The molecular weight excluding hydrogens is 288 g/mol. The monoisotopic (exact) mass is 316 g/mol. The average Bonchev–Trinajstić information content (AvgIpc) is 2.58. The van der Waals surface area contributed by atoms with Crippen molar-refractivity contribution in [3.8, 4) is 0 Å². The molecule has 1 unspecified atom stereocenters. The Kier molecular flexibility index (Phi) is 7.31. The zero-order valence-electron chi connectivity index (χ0n) is 14.1. The number of rotatable bonds is 8. The van der Waals surface area contributed by atoms with Gasteiger partial charge >= 0.3 is 5.97 Å². The van der Waals surface area contributed by atoms with Gasteiger partial charge in [-0.05, 0) is 24.8 Å². The summed E-state index contributed by atoms with van der Waals surface area (Å²) in [5.41, 5.74) is 0.949. The van der Waals surface area contributed by atoms with Crippen LogP contribution in [0.2, 0.25) is 0 Å². The van der Waals surface area contributed by atoms with Gasteiger partial charge < -0.3 is 4.74 Å². The van der Waals surface area contributed by atoms with Crippen LogP contribution < -0.4 is 0 Å². The maximum absolute atomic E-state index is 12.2. The van der Waals surface area contributed by atoms with Gasteiger partial charge in [0.25, 0.3) is 0 Å². The molecule has 1 aromatic rings. The van der Waals surface area contributed by atoms with Crippen LogP contribution in [0.5, 0.6) is 0 Å². The van der Waals surface area contributed by atoms with Crippen LogP contribution in [0.1, 0.15) is 63.9 Å². The fourth-order valence-corrected chi connectivity index (χ4v) is 3.40. The lowest BCUT2D eigenvalue weighted by Crippen LogP contribution is -2.24. The van der Waals surface area contributed by atoms with Gasteiger partial charge in [-0.1, -0.05) is 75.3 Å². The standard InChI is InChI=1S/C20H28O3/c1-16(21)19(14-8-13-17-9-4-2-5-10-17)20(22)23-15-18-11-6-3-7-12-18/h3,6-7,11-12,17,19H,2,4-5,8-10,13-15H2,1H3. The van der Waals surface area contributed by atoms with Crippen molar-refractivity contribution < 1.29 is 14.3 Å². The molecule has 1 aliphatic carbocycles. The SMILES string of the molecule is CC(=O)C(CCCC1CCCCC1)C(=O)OCc1ccccc1. The summed E-state index contributed by atoms with van der Waals surface area (Å²) in [5.74, 6) is -0.254. The summed E-state index contributed by atoms with van der Waals surface area (Å²) < 4.78 is 5.33. The molecule has 1 aromatic carbocycles. The van der Waals surface area contributed by atoms with E-state index in [2.05, 4.69) is 0 Å². The lowest BCUT2D eigenvalue weighted by atomic mass is 9.84. The smallest absolute Gasteiger partial charge is 0.316 e. The van der Waals surface area contributed by atoms with Crippen LogP contribution in [-0.2, 0) is 20.9 Å². The van der Waals surface area contributed by atoms with E-state index in [-0.39, 0.29) is 18.4 Å². The Balaban J connectivity index is 1.75. The molecule has 0 N–H and O–H groups in total. The third-order valence-corrected chi connectivity index (χ3v) is 4.83. The number of hydrogen-bond acceptors (Lipinski definition) is 3. The van der Waals surface area contributed by atoms with Crippen molar-refractivity contribution in [2.75, 3.05) is 0 Å². The van der Waals surface area contributed by atoms with Crippen molar-refractivity contribution in [3.63, 3.8) is 0 Å². The number of Topliss-reactive ketones (excluding diaryl/α,β-unsaturated/α-hetero) is 1. The summed E-state index contributed by atoms with van der Waals surface area (Å²) in [6.45, 7) is 1.74. The van der Waals surface area contributed by atoms with Crippen LogP contribution in [-0.4, -0.2) is 11.8 Å². The Labute approximate surface area is 139 Å². The number of ketones is 1. The second-order valence-corrected chi connectivity index (χ2v) is 6.69.